The van der Waals surface area contributed by atoms with Crippen molar-refractivity contribution in [2.75, 3.05) is 26.1 Å². The third-order valence-corrected chi connectivity index (χ3v) is 4.02. The number of aromatic nitrogens is 4. The maximum absolute atomic E-state index is 5.21. The summed E-state index contributed by atoms with van der Waals surface area (Å²) in [7, 11) is 5.58. The van der Waals surface area contributed by atoms with Crippen LogP contribution >= 0.6 is 11.8 Å². The Kier molecular flexibility index (Phi) is 4.15. The Morgan fingerprint density at radius 1 is 1.23 bits per heavy atom. The predicted octanol–water partition coefficient (Wildman–Crippen LogP) is 2.72. The van der Waals surface area contributed by atoms with Crippen LogP contribution in [0.4, 0.5) is 5.82 Å². The Bertz CT molecular complexity index is 786. The van der Waals surface area contributed by atoms with Crippen molar-refractivity contribution in [1.82, 2.24) is 19.9 Å². The van der Waals surface area contributed by atoms with E-state index in [1.807, 2.05) is 43.3 Å². The van der Waals surface area contributed by atoms with Crippen LogP contribution in [0.1, 0.15) is 5.82 Å². The van der Waals surface area contributed by atoms with E-state index in [-0.39, 0.29) is 0 Å². The molecule has 2 aromatic heterocycles. The summed E-state index contributed by atoms with van der Waals surface area (Å²) < 4.78 is 5.21. The van der Waals surface area contributed by atoms with Gasteiger partial charge < -0.3 is 14.6 Å². The molecule has 0 spiro atoms. The number of H-pyrrole nitrogens is 1. The highest BCUT2D eigenvalue weighted by Gasteiger charge is 2.07. The molecular weight excluding hydrogens is 298 g/mol. The second-order valence-electron chi connectivity index (χ2n) is 4.94. The second-order valence-corrected chi connectivity index (χ2v) is 5.90. The van der Waals surface area contributed by atoms with Gasteiger partial charge in [0.2, 0.25) is 0 Å². The molecule has 0 saturated carbocycles. The lowest BCUT2D eigenvalue weighted by atomic mass is 10.3. The highest BCUT2D eigenvalue weighted by molar-refractivity contribution is 7.98. The molecule has 0 atom stereocenters. The van der Waals surface area contributed by atoms with E-state index in [2.05, 4.69) is 19.9 Å². The van der Waals surface area contributed by atoms with E-state index >= 15 is 0 Å². The molecule has 0 aliphatic heterocycles. The van der Waals surface area contributed by atoms with E-state index in [0.717, 1.165) is 33.6 Å². The average Bonchev–Trinajstić information content (AvgIpc) is 2.95. The van der Waals surface area contributed by atoms with Crippen LogP contribution in [0.2, 0.25) is 0 Å². The Morgan fingerprint density at radius 3 is 2.86 bits per heavy atom. The van der Waals surface area contributed by atoms with Gasteiger partial charge in [-0.15, -0.1) is 0 Å². The molecule has 7 heteroatoms. The first-order valence-electron chi connectivity index (χ1n) is 6.81. The molecule has 0 bridgehead atoms. The zero-order valence-corrected chi connectivity index (χ0v) is 13.5. The Hall–Kier alpha value is -2.28. The lowest BCUT2D eigenvalue weighted by Gasteiger charge is -2.11. The van der Waals surface area contributed by atoms with Crippen molar-refractivity contribution in [2.24, 2.45) is 0 Å². The smallest absolute Gasteiger partial charge is 0.166 e. The van der Waals surface area contributed by atoms with Crippen LogP contribution in [-0.4, -0.2) is 41.1 Å². The SMILES string of the molecule is COc1ccc2[nH]c(SCc3nccc(N(C)C)n3)nc2c1. The van der Waals surface area contributed by atoms with Crippen molar-refractivity contribution < 1.29 is 4.74 Å². The van der Waals surface area contributed by atoms with Gasteiger partial charge in [-0.25, -0.2) is 15.0 Å². The lowest BCUT2D eigenvalue weighted by Crippen LogP contribution is -2.11. The van der Waals surface area contributed by atoms with Crippen molar-refractivity contribution >= 4 is 28.6 Å². The standard InChI is InChI=1S/C15H17N5OS/c1-20(2)14-6-7-16-13(19-14)9-22-15-17-11-5-4-10(21-3)8-12(11)18-15/h4-8H,9H2,1-3H3,(H,17,18). The van der Waals surface area contributed by atoms with Gasteiger partial charge in [-0.1, -0.05) is 11.8 Å². The first-order valence-corrected chi connectivity index (χ1v) is 7.80. The number of rotatable bonds is 5. The summed E-state index contributed by atoms with van der Waals surface area (Å²) in [5.74, 6) is 3.16. The number of hydrogen-bond donors (Lipinski definition) is 1. The Morgan fingerprint density at radius 2 is 2.09 bits per heavy atom. The van der Waals surface area contributed by atoms with Gasteiger partial charge in [0.05, 0.1) is 23.9 Å². The number of methoxy groups -OCH3 is 1. The zero-order chi connectivity index (χ0) is 15.5. The van der Waals surface area contributed by atoms with Crippen LogP contribution in [0, 0.1) is 0 Å². The maximum Gasteiger partial charge on any atom is 0.166 e. The minimum Gasteiger partial charge on any atom is -0.497 e. The van der Waals surface area contributed by atoms with Crippen molar-refractivity contribution in [2.45, 2.75) is 10.9 Å². The fourth-order valence-corrected chi connectivity index (χ4v) is 2.75. The fourth-order valence-electron chi connectivity index (χ4n) is 2.00. The number of hydrogen-bond acceptors (Lipinski definition) is 6. The summed E-state index contributed by atoms with van der Waals surface area (Å²) in [5, 5.41) is 0.849. The van der Waals surface area contributed by atoms with Gasteiger partial charge in [0.1, 0.15) is 17.4 Å². The summed E-state index contributed by atoms with van der Waals surface area (Å²) in [6, 6.07) is 7.69. The number of ether oxygens (including phenoxy) is 1. The molecule has 0 fully saturated rings. The number of nitrogens with zero attached hydrogens (tertiary/aromatic N) is 4. The molecule has 22 heavy (non-hydrogen) atoms. The molecule has 114 valence electrons. The van der Waals surface area contributed by atoms with Crippen LogP contribution < -0.4 is 9.64 Å². The molecule has 0 radical (unpaired) electrons. The summed E-state index contributed by atoms with van der Waals surface area (Å²) >= 11 is 1.58. The van der Waals surface area contributed by atoms with Crippen molar-refractivity contribution in [3.05, 3.63) is 36.3 Å². The van der Waals surface area contributed by atoms with Gasteiger partial charge >= 0.3 is 0 Å². The zero-order valence-electron chi connectivity index (χ0n) is 12.7. The number of thioether (sulfide) groups is 1. The molecule has 0 unspecified atom stereocenters. The molecule has 1 aromatic carbocycles. The Balaban J connectivity index is 1.75. The molecule has 0 aliphatic rings. The number of benzene rings is 1. The normalized spacial score (nSPS) is 10.9. The minimum atomic E-state index is 0.665. The quantitative estimate of drug-likeness (QED) is 0.730. The van der Waals surface area contributed by atoms with Gasteiger partial charge in [0.25, 0.3) is 0 Å². The first kappa shape index (κ1) is 14.6. The third kappa shape index (κ3) is 3.14. The van der Waals surface area contributed by atoms with Gasteiger partial charge in [-0.05, 0) is 18.2 Å². The van der Waals surface area contributed by atoms with E-state index in [1.54, 1.807) is 25.1 Å². The maximum atomic E-state index is 5.21. The van der Waals surface area contributed by atoms with E-state index in [9.17, 15) is 0 Å². The van der Waals surface area contributed by atoms with E-state index < -0.39 is 0 Å². The molecule has 3 aromatic rings. The van der Waals surface area contributed by atoms with Gasteiger partial charge in [-0.3, -0.25) is 0 Å². The van der Waals surface area contributed by atoms with Gasteiger partial charge in [0, 0.05) is 26.4 Å². The highest BCUT2D eigenvalue weighted by atomic mass is 32.2. The summed E-state index contributed by atoms with van der Waals surface area (Å²) in [6.45, 7) is 0. The molecule has 0 amide bonds. The van der Waals surface area contributed by atoms with Crippen molar-refractivity contribution in [3.63, 3.8) is 0 Å². The Labute approximate surface area is 132 Å². The van der Waals surface area contributed by atoms with Crippen LogP contribution in [0.5, 0.6) is 5.75 Å². The second kappa shape index (κ2) is 6.23. The van der Waals surface area contributed by atoms with Crippen LogP contribution in [0.25, 0.3) is 11.0 Å². The first-order chi connectivity index (χ1) is 10.7. The van der Waals surface area contributed by atoms with Crippen molar-refractivity contribution in [3.8, 4) is 5.75 Å². The van der Waals surface area contributed by atoms with Crippen LogP contribution in [0.3, 0.4) is 0 Å². The lowest BCUT2D eigenvalue weighted by molar-refractivity contribution is 0.415. The fraction of sp³-hybridized carbons (Fsp3) is 0.267. The van der Waals surface area contributed by atoms with E-state index in [1.165, 1.54) is 0 Å². The van der Waals surface area contributed by atoms with Gasteiger partial charge in [-0.2, -0.15) is 0 Å². The summed E-state index contributed by atoms with van der Waals surface area (Å²) in [6.07, 6.45) is 1.78. The molecule has 2 heterocycles. The average molecular weight is 315 g/mol. The van der Waals surface area contributed by atoms with Crippen molar-refractivity contribution in [1.29, 1.82) is 0 Å². The molecule has 0 saturated heterocycles. The molecular formula is C15H17N5OS. The minimum absolute atomic E-state index is 0.665. The molecule has 0 aliphatic carbocycles. The molecule has 1 N–H and O–H groups in total. The number of nitrogens with one attached hydrogen (secondary N) is 1. The van der Waals surface area contributed by atoms with Crippen LogP contribution in [0.15, 0.2) is 35.6 Å². The van der Waals surface area contributed by atoms with Gasteiger partial charge in [0.15, 0.2) is 5.16 Å². The summed E-state index contributed by atoms with van der Waals surface area (Å²) in [4.78, 5) is 18.6. The molecule has 3 rings (SSSR count). The number of fused-ring (bicyclic) bond motifs is 1. The monoisotopic (exact) mass is 315 g/mol. The van der Waals surface area contributed by atoms with Crippen LogP contribution in [-0.2, 0) is 5.75 Å². The number of aromatic amines is 1. The number of anilines is 1. The highest BCUT2D eigenvalue weighted by Crippen LogP contribution is 2.24. The topological polar surface area (TPSA) is 66.9 Å². The number of imidazole rings is 1. The van der Waals surface area contributed by atoms with E-state index in [0.29, 0.717) is 5.75 Å². The molecule has 6 nitrogen and oxygen atoms in total. The third-order valence-electron chi connectivity index (χ3n) is 3.16. The van der Waals surface area contributed by atoms with E-state index in [4.69, 9.17) is 4.74 Å². The predicted molar refractivity (Wildman–Crippen MR) is 88.6 cm³/mol. The summed E-state index contributed by atoms with van der Waals surface area (Å²) in [5.41, 5.74) is 1.89. The largest absolute Gasteiger partial charge is 0.497 e.